The Bertz CT molecular complexity index is 472. The third-order valence-corrected chi connectivity index (χ3v) is 2.43. The molecule has 0 spiro atoms. The Morgan fingerprint density at radius 3 is 3.11 bits per heavy atom. The summed E-state index contributed by atoms with van der Waals surface area (Å²) < 4.78 is 10.6. The lowest BCUT2D eigenvalue weighted by Gasteiger charge is -2.09. The molecule has 96 valence electrons. The number of fused-ring (bicyclic) bond motifs is 1. The van der Waals surface area contributed by atoms with E-state index in [1.165, 1.54) is 0 Å². The lowest BCUT2D eigenvalue weighted by Crippen LogP contribution is -2.24. The van der Waals surface area contributed by atoms with Crippen LogP contribution in [0, 0.1) is 0 Å². The molecule has 0 saturated heterocycles. The summed E-state index contributed by atoms with van der Waals surface area (Å²) in [6, 6.07) is 4.85. The molecule has 1 aliphatic rings. The van der Waals surface area contributed by atoms with Crippen LogP contribution in [0.3, 0.4) is 0 Å². The molecule has 0 radical (unpaired) electrons. The zero-order valence-electron chi connectivity index (χ0n) is 9.64. The Kier molecular flexibility index (Phi) is 3.66. The summed E-state index contributed by atoms with van der Waals surface area (Å²) in [4.78, 5) is 22.1. The van der Waals surface area contributed by atoms with E-state index in [1.54, 1.807) is 18.2 Å². The number of ether oxygens (including phenoxy) is 2. The van der Waals surface area contributed by atoms with Crippen molar-refractivity contribution in [3.63, 3.8) is 0 Å². The van der Waals surface area contributed by atoms with Crippen molar-refractivity contribution in [3.8, 4) is 11.5 Å². The van der Waals surface area contributed by atoms with Crippen LogP contribution in [-0.2, 0) is 4.79 Å². The number of aliphatic carboxylic acids is 1. The van der Waals surface area contributed by atoms with Crippen molar-refractivity contribution in [2.24, 2.45) is 0 Å². The number of rotatable bonds is 4. The average molecular weight is 251 g/mol. The van der Waals surface area contributed by atoms with Gasteiger partial charge in [0.2, 0.25) is 0 Å². The summed E-state index contributed by atoms with van der Waals surface area (Å²) in [6.07, 6.45) is -0.0836. The SMILES string of the molecule is O=C(O)CCOc1ccc2c(c1)C(=O)NCCO2. The van der Waals surface area contributed by atoms with Gasteiger partial charge < -0.3 is 19.9 Å². The lowest BCUT2D eigenvalue weighted by molar-refractivity contribution is -0.137. The van der Waals surface area contributed by atoms with E-state index in [4.69, 9.17) is 14.6 Å². The number of hydrogen-bond donors (Lipinski definition) is 2. The van der Waals surface area contributed by atoms with E-state index in [0.717, 1.165) is 0 Å². The van der Waals surface area contributed by atoms with Crippen molar-refractivity contribution in [2.75, 3.05) is 19.8 Å². The number of hydrogen-bond acceptors (Lipinski definition) is 4. The number of carboxylic acids is 1. The van der Waals surface area contributed by atoms with Gasteiger partial charge in [0, 0.05) is 0 Å². The minimum atomic E-state index is -0.925. The zero-order chi connectivity index (χ0) is 13.0. The van der Waals surface area contributed by atoms with E-state index < -0.39 is 5.97 Å². The van der Waals surface area contributed by atoms with Crippen LogP contribution in [-0.4, -0.2) is 36.7 Å². The van der Waals surface area contributed by atoms with E-state index in [-0.39, 0.29) is 18.9 Å². The van der Waals surface area contributed by atoms with Crippen molar-refractivity contribution in [1.82, 2.24) is 5.32 Å². The van der Waals surface area contributed by atoms with Crippen molar-refractivity contribution < 1.29 is 24.2 Å². The molecule has 0 atom stereocenters. The first-order valence-electron chi connectivity index (χ1n) is 5.56. The van der Waals surface area contributed by atoms with Gasteiger partial charge in [0.15, 0.2) is 0 Å². The van der Waals surface area contributed by atoms with Gasteiger partial charge in [-0.15, -0.1) is 0 Å². The van der Waals surface area contributed by atoms with Gasteiger partial charge in [-0.2, -0.15) is 0 Å². The van der Waals surface area contributed by atoms with Gasteiger partial charge in [-0.25, -0.2) is 0 Å². The molecule has 0 bridgehead atoms. The van der Waals surface area contributed by atoms with Crippen molar-refractivity contribution in [3.05, 3.63) is 23.8 Å². The van der Waals surface area contributed by atoms with Crippen LogP contribution in [0.25, 0.3) is 0 Å². The fourth-order valence-corrected chi connectivity index (χ4v) is 1.58. The third-order valence-electron chi connectivity index (χ3n) is 2.43. The van der Waals surface area contributed by atoms with Crippen LogP contribution >= 0.6 is 0 Å². The quantitative estimate of drug-likeness (QED) is 0.821. The molecule has 1 amide bonds. The van der Waals surface area contributed by atoms with Crippen LogP contribution < -0.4 is 14.8 Å². The Balaban J connectivity index is 2.10. The molecule has 18 heavy (non-hydrogen) atoms. The molecule has 1 aromatic carbocycles. The van der Waals surface area contributed by atoms with E-state index in [1.807, 2.05) is 0 Å². The summed E-state index contributed by atoms with van der Waals surface area (Å²) in [6.45, 7) is 0.956. The summed E-state index contributed by atoms with van der Waals surface area (Å²) >= 11 is 0. The highest BCUT2D eigenvalue weighted by molar-refractivity contribution is 5.97. The molecule has 0 aromatic heterocycles. The lowest BCUT2D eigenvalue weighted by atomic mass is 10.2. The van der Waals surface area contributed by atoms with Crippen LogP contribution in [0.5, 0.6) is 11.5 Å². The highest BCUT2D eigenvalue weighted by Crippen LogP contribution is 2.25. The maximum absolute atomic E-state index is 11.7. The van der Waals surface area contributed by atoms with E-state index in [0.29, 0.717) is 30.2 Å². The maximum atomic E-state index is 11.7. The average Bonchev–Trinajstić information content (AvgIpc) is 2.51. The Morgan fingerprint density at radius 1 is 1.50 bits per heavy atom. The highest BCUT2D eigenvalue weighted by Gasteiger charge is 2.17. The Morgan fingerprint density at radius 2 is 2.33 bits per heavy atom. The minimum absolute atomic E-state index is 0.0661. The summed E-state index contributed by atoms with van der Waals surface area (Å²) in [5.41, 5.74) is 0.403. The van der Waals surface area contributed by atoms with Gasteiger partial charge in [0.1, 0.15) is 18.1 Å². The molecule has 6 nitrogen and oxygen atoms in total. The van der Waals surface area contributed by atoms with Crippen LogP contribution in [0.2, 0.25) is 0 Å². The number of benzene rings is 1. The van der Waals surface area contributed by atoms with Crippen LogP contribution in [0.15, 0.2) is 18.2 Å². The van der Waals surface area contributed by atoms with Crippen molar-refractivity contribution in [1.29, 1.82) is 0 Å². The third kappa shape index (κ3) is 2.91. The predicted octanol–water partition coefficient (Wildman–Crippen LogP) is 0.662. The molecule has 2 N–H and O–H groups in total. The van der Waals surface area contributed by atoms with Crippen LogP contribution in [0.4, 0.5) is 0 Å². The fraction of sp³-hybridized carbons (Fsp3) is 0.333. The smallest absolute Gasteiger partial charge is 0.306 e. The predicted molar refractivity (Wildman–Crippen MR) is 62.0 cm³/mol. The standard InChI is InChI=1S/C12H13NO5/c14-11(15)3-5-17-8-1-2-10-9(7-8)12(16)13-4-6-18-10/h1-2,7H,3-6H2,(H,13,16)(H,14,15). The molecule has 6 heteroatoms. The number of amides is 1. The van der Waals surface area contributed by atoms with E-state index in [2.05, 4.69) is 5.32 Å². The van der Waals surface area contributed by atoms with E-state index in [9.17, 15) is 9.59 Å². The minimum Gasteiger partial charge on any atom is -0.493 e. The topological polar surface area (TPSA) is 84.9 Å². The van der Waals surface area contributed by atoms with Gasteiger partial charge >= 0.3 is 5.97 Å². The molecule has 0 unspecified atom stereocenters. The van der Waals surface area contributed by atoms with Gasteiger partial charge in [0.05, 0.1) is 25.1 Å². The molecule has 0 fully saturated rings. The summed E-state index contributed by atoms with van der Waals surface area (Å²) in [5, 5.41) is 11.2. The first kappa shape index (κ1) is 12.2. The molecule has 1 heterocycles. The van der Waals surface area contributed by atoms with Gasteiger partial charge in [-0.1, -0.05) is 0 Å². The van der Waals surface area contributed by atoms with Crippen molar-refractivity contribution >= 4 is 11.9 Å². The molecule has 0 aliphatic carbocycles. The second-order valence-electron chi connectivity index (χ2n) is 3.75. The molecule has 2 rings (SSSR count). The van der Waals surface area contributed by atoms with Gasteiger partial charge in [-0.05, 0) is 18.2 Å². The number of nitrogens with one attached hydrogen (secondary N) is 1. The molecular weight excluding hydrogens is 238 g/mol. The van der Waals surface area contributed by atoms with Gasteiger partial charge in [0.25, 0.3) is 5.91 Å². The molecule has 1 aromatic rings. The molecule has 0 saturated carbocycles. The highest BCUT2D eigenvalue weighted by atomic mass is 16.5. The van der Waals surface area contributed by atoms with Crippen molar-refractivity contribution in [2.45, 2.75) is 6.42 Å². The second kappa shape index (κ2) is 5.39. The first-order chi connectivity index (χ1) is 8.66. The summed E-state index contributed by atoms with van der Waals surface area (Å²) in [7, 11) is 0. The molecular formula is C12H13NO5. The largest absolute Gasteiger partial charge is 0.493 e. The fourth-order valence-electron chi connectivity index (χ4n) is 1.58. The molecule has 1 aliphatic heterocycles. The normalized spacial score (nSPS) is 13.9. The monoisotopic (exact) mass is 251 g/mol. The number of carbonyl (C=O) groups is 2. The zero-order valence-corrected chi connectivity index (χ0v) is 9.64. The second-order valence-corrected chi connectivity index (χ2v) is 3.75. The van der Waals surface area contributed by atoms with E-state index >= 15 is 0 Å². The number of carbonyl (C=O) groups excluding carboxylic acids is 1. The van der Waals surface area contributed by atoms with Crippen LogP contribution in [0.1, 0.15) is 16.8 Å². The maximum Gasteiger partial charge on any atom is 0.306 e. The van der Waals surface area contributed by atoms with Gasteiger partial charge in [-0.3, -0.25) is 9.59 Å². The Hall–Kier alpha value is -2.24. The Labute approximate surface area is 104 Å². The summed E-state index contributed by atoms with van der Waals surface area (Å²) in [5.74, 6) is -0.178. The number of carboxylic acid groups (broad SMARTS) is 1. The first-order valence-corrected chi connectivity index (χ1v) is 5.56.